The van der Waals surface area contributed by atoms with Gasteiger partial charge < -0.3 is 15.5 Å². The quantitative estimate of drug-likeness (QED) is 0.685. The second-order valence-corrected chi connectivity index (χ2v) is 7.04. The summed E-state index contributed by atoms with van der Waals surface area (Å²) in [7, 11) is 0. The molecule has 0 aromatic carbocycles. The second-order valence-electron chi connectivity index (χ2n) is 6.05. The van der Waals surface area contributed by atoms with Crippen LogP contribution in [0.2, 0.25) is 0 Å². The van der Waals surface area contributed by atoms with E-state index < -0.39 is 11.6 Å². The Kier molecular flexibility index (Phi) is 5.67. The standard InChI is InChI=1S/C13H23NO4S/c1-12(2)3-5-13(18,6-4-12)9-14-10(15)7-19-8-11(16)17/h18H,3-9H2,1-2H3,(H,14,15)(H,16,17). The number of hydrogen-bond donors (Lipinski definition) is 3. The third-order valence-electron chi connectivity index (χ3n) is 3.61. The largest absolute Gasteiger partial charge is 0.481 e. The Bertz CT molecular complexity index is 334. The number of carbonyl (C=O) groups is 2. The maximum Gasteiger partial charge on any atom is 0.313 e. The molecule has 0 radical (unpaired) electrons. The van der Waals surface area contributed by atoms with Gasteiger partial charge in [-0.25, -0.2) is 0 Å². The molecule has 5 nitrogen and oxygen atoms in total. The predicted molar refractivity (Wildman–Crippen MR) is 75.2 cm³/mol. The first-order chi connectivity index (χ1) is 8.72. The zero-order valence-corrected chi connectivity index (χ0v) is 12.4. The van der Waals surface area contributed by atoms with Gasteiger partial charge in [0.1, 0.15) is 0 Å². The van der Waals surface area contributed by atoms with Crippen LogP contribution in [0.15, 0.2) is 0 Å². The van der Waals surface area contributed by atoms with E-state index in [0.717, 1.165) is 24.6 Å². The van der Waals surface area contributed by atoms with Gasteiger partial charge in [0.2, 0.25) is 5.91 Å². The van der Waals surface area contributed by atoms with Crippen LogP contribution in [0.25, 0.3) is 0 Å². The van der Waals surface area contributed by atoms with Gasteiger partial charge in [-0.1, -0.05) is 13.8 Å². The van der Waals surface area contributed by atoms with E-state index in [0.29, 0.717) is 12.8 Å². The van der Waals surface area contributed by atoms with Crippen molar-refractivity contribution < 1.29 is 19.8 Å². The van der Waals surface area contributed by atoms with Crippen LogP contribution in [0.1, 0.15) is 39.5 Å². The summed E-state index contributed by atoms with van der Waals surface area (Å²) in [5.74, 6) is -1.10. The van der Waals surface area contributed by atoms with Crippen LogP contribution in [0.5, 0.6) is 0 Å². The second kappa shape index (κ2) is 6.61. The molecule has 0 saturated heterocycles. The summed E-state index contributed by atoms with van der Waals surface area (Å²) >= 11 is 1.06. The van der Waals surface area contributed by atoms with Gasteiger partial charge in [-0.15, -0.1) is 11.8 Å². The van der Waals surface area contributed by atoms with Gasteiger partial charge >= 0.3 is 5.97 Å². The van der Waals surface area contributed by atoms with Gasteiger partial charge in [-0.2, -0.15) is 0 Å². The van der Waals surface area contributed by atoms with Crippen LogP contribution >= 0.6 is 11.8 Å². The van der Waals surface area contributed by atoms with E-state index in [4.69, 9.17) is 5.11 Å². The fraction of sp³-hybridized carbons (Fsp3) is 0.846. The van der Waals surface area contributed by atoms with E-state index in [2.05, 4.69) is 19.2 Å². The number of nitrogens with one attached hydrogen (secondary N) is 1. The number of rotatable bonds is 6. The maximum atomic E-state index is 11.5. The van der Waals surface area contributed by atoms with Gasteiger partial charge in [0.05, 0.1) is 17.1 Å². The lowest BCUT2D eigenvalue weighted by molar-refractivity contribution is -0.133. The first kappa shape index (κ1) is 16.3. The summed E-state index contributed by atoms with van der Waals surface area (Å²) in [6.07, 6.45) is 3.30. The summed E-state index contributed by atoms with van der Waals surface area (Å²) in [4.78, 5) is 21.8. The van der Waals surface area contributed by atoms with Crippen molar-refractivity contribution in [2.75, 3.05) is 18.1 Å². The topological polar surface area (TPSA) is 86.6 Å². The Hall–Kier alpha value is -0.750. The van der Waals surface area contributed by atoms with Crippen molar-refractivity contribution >= 4 is 23.6 Å². The van der Waals surface area contributed by atoms with E-state index in [-0.39, 0.29) is 29.4 Å². The number of carboxylic acid groups (broad SMARTS) is 1. The summed E-state index contributed by atoms with van der Waals surface area (Å²) in [5.41, 5.74) is -0.532. The molecule has 110 valence electrons. The minimum Gasteiger partial charge on any atom is -0.481 e. The molecule has 1 rings (SSSR count). The number of hydrogen-bond acceptors (Lipinski definition) is 4. The SMILES string of the molecule is CC1(C)CCC(O)(CNC(=O)CSCC(=O)O)CC1. The highest BCUT2D eigenvalue weighted by molar-refractivity contribution is 8.00. The van der Waals surface area contributed by atoms with Crippen LogP contribution in [0.3, 0.4) is 0 Å². The molecule has 0 aliphatic heterocycles. The van der Waals surface area contributed by atoms with Crippen molar-refractivity contribution in [3.8, 4) is 0 Å². The summed E-state index contributed by atoms with van der Waals surface area (Å²) < 4.78 is 0. The van der Waals surface area contributed by atoms with Crippen LogP contribution in [-0.2, 0) is 9.59 Å². The molecule has 3 N–H and O–H groups in total. The first-order valence-electron chi connectivity index (χ1n) is 6.51. The van der Waals surface area contributed by atoms with Crippen LogP contribution in [0.4, 0.5) is 0 Å². The van der Waals surface area contributed by atoms with Crippen molar-refractivity contribution in [2.24, 2.45) is 5.41 Å². The molecule has 0 heterocycles. The Morgan fingerprint density at radius 2 is 1.74 bits per heavy atom. The summed E-state index contributed by atoms with van der Waals surface area (Å²) in [5, 5.41) is 21.5. The number of thioether (sulfide) groups is 1. The number of carbonyl (C=O) groups excluding carboxylic acids is 1. The molecule has 1 saturated carbocycles. The molecule has 6 heteroatoms. The maximum absolute atomic E-state index is 11.5. The molecule has 0 aromatic rings. The van der Waals surface area contributed by atoms with E-state index in [1.54, 1.807) is 0 Å². The fourth-order valence-electron chi connectivity index (χ4n) is 2.11. The normalized spacial score (nSPS) is 20.8. The number of carboxylic acids is 1. The van der Waals surface area contributed by atoms with E-state index in [1.165, 1.54) is 0 Å². The third kappa shape index (κ3) is 6.29. The fourth-order valence-corrected chi connectivity index (χ4v) is 2.68. The van der Waals surface area contributed by atoms with Crippen molar-refractivity contribution in [3.63, 3.8) is 0 Å². The molecule has 1 amide bonds. The van der Waals surface area contributed by atoms with Gasteiger partial charge in [0.15, 0.2) is 0 Å². The van der Waals surface area contributed by atoms with Crippen LogP contribution < -0.4 is 5.32 Å². The third-order valence-corrected chi connectivity index (χ3v) is 4.52. The molecule has 19 heavy (non-hydrogen) atoms. The minimum absolute atomic E-state index is 0.0775. The molecule has 0 atom stereocenters. The zero-order chi connectivity index (χ0) is 14.5. The van der Waals surface area contributed by atoms with Crippen molar-refractivity contribution in [1.29, 1.82) is 0 Å². The van der Waals surface area contributed by atoms with Crippen molar-refractivity contribution in [1.82, 2.24) is 5.32 Å². The van der Waals surface area contributed by atoms with Gasteiger partial charge in [-0.05, 0) is 31.1 Å². The average Bonchev–Trinajstić information content (AvgIpc) is 2.31. The highest BCUT2D eigenvalue weighted by Crippen LogP contribution is 2.39. The Morgan fingerprint density at radius 1 is 1.16 bits per heavy atom. The zero-order valence-electron chi connectivity index (χ0n) is 11.6. The summed E-state index contributed by atoms with van der Waals surface area (Å²) in [6, 6.07) is 0. The highest BCUT2D eigenvalue weighted by Gasteiger charge is 2.36. The highest BCUT2D eigenvalue weighted by atomic mass is 32.2. The van der Waals surface area contributed by atoms with Gasteiger partial charge in [0, 0.05) is 6.54 Å². The van der Waals surface area contributed by atoms with Crippen molar-refractivity contribution in [3.05, 3.63) is 0 Å². The molecule has 0 unspecified atom stereocenters. The lowest BCUT2D eigenvalue weighted by atomic mass is 9.71. The molecule has 0 spiro atoms. The van der Waals surface area contributed by atoms with Gasteiger partial charge in [-0.3, -0.25) is 9.59 Å². The van der Waals surface area contributed by atoms with Gasteiger partial charge in [0.25, 0.3) is 0 Å². The predicted octanol–water partition coefficient (Wildman–Crippen LogP) is 1.25. The molecular formula is C13H23NO4S. The minimum atomic E-state index is -0.925. The van der Waals surface area contributed by atoms with Crippen LogP contribution in [0, 0.1) is 5.41 Å². The molecule has 1 aliphatic rings. The monoisotopic (exact) mass is 289 g/mol. The Balaban J connectivity index is 2.24. The smallest absolute Gasteiger partial charge is 0.313 e. The number of aliphatic carboxylic acids is 1. The van der Waals surface area contributed by atoms with Crippen LogP contribution in [-0.4, -0.2) is 45.7 Å². The Morgan fingerprint density at radius 3 is 2.26 bits per heavy atom. The van der Waals surface area contributed by atoms with E-state index in [1.807, 2.05) is 0 Å². The average molecular weight is 289 g/mol. The van der Waals surface area contributed by atoms with E-state index >= 15 is 0 Å². The van der Waals surface area contributed by atoms with Crippen molar-refractivity contribution in [2.45, 2.75) is 45.1 Å². The number of amides is 1. The Labute approximate surface area is 118 Å². The number of aliphatic hydroxyl groups is 1. The molecule has 0 aromatic heterocycles. The summed E-state index contributed by atoms with van der Waals surface area (Å²) in [6.45, 7) is 4.64. The molecule has 0 bridgehead atoms. The molecular weight excluding hydrogens is 266 g/mol. The lowest BCUT2D eigenvalue weighted by Gasteiger charge is -2.40. The first-order valence-corrected chi connectivity index (χ1v) is 7.67. The lowest BCUT2D eigenvalue weighted by Crippen LogP contribution is -2.47. The van der Waals surface area contributed by atoms with E-state index in [9.17, 15) is 14.7 Å². The molecule has 1 aliphatic carbocycles. The molecule has 1 fully saturated rings.